The van der Waals surface area contributed by atoms with Crippen LogP contribution in [0.5, 0.6) is 11.5 Å². The summed E-state index contributed by atoms with van der Waals surface area (Å²) in [6.45, 7) is 14.5. The predicted molar refractivity (Wildman–Crippen MR) is 143 cm³/mol. The molecule has 1 aromatic rings. The molecule has 7 heteroatoms. The summed E-state index contributed by atoms with van der Waals surface area (Å²) in [5.41, 5.74) is 1.53. The second kappa shape index (κ2) is 10.9. The lowest BCUT2D eigenvalue weighted by Gasteiger charge is -2.55. The van der Waals surface area contributed by atoms with Crippen LogP contribution in [0.4, 0.5) is 4.79 Å². The van der Waals surface area contributed by atoms with Gasteiger partial charge in [0.05, 0.1) is 19.3 Å². The van der Waals surface area contributed by atoms with E-state index in [0.29, 0.717) is 25.4 Å². The summed E-state index contributed by atoms with van der Waals surface area (Å²) in [5.74, 6) is 1.71. The summed E-state index contributed by atoms with van der Waals surface area (Å²) >= 11 is 0. The first-order valence-corrected chi connectivity index (χ1v) is 13.7. The number of nitrogens with zero attached hydrogens (tertiary/aromatic N) is 1. The van der Waals surface area contributed by atoms with Crippen LogP contribution in [0.15, 0.2) is 29.8 Å². The molecule has 1 aromatic carbocycles. The van der Waals surface area contributed by atoms with Crippen LogP contribution in [0.25, 0.3) is 0 Å². The number of ether oxygens (including phenoxy) is 4. The summed E-state index contributed by atoms with van der Waals surface area (Å²) in [4.78, 5) is 14.5. The Morgan fingerprint density at radius 3 is 2.62 bits per heavy atom. The Morgan fingerprint density at radius 1 is 1.24 bits per heavy atom. The largest absolute Gasteiger partial charge is 0.491 e. The van der Waals surface area contributed by atoms with Gasteiger partial charge in [0.15, 0.2) is 0 Å². The van der Waals surface area contributed by atoms with Crippen molar-refractivity contribution in [3.05, 3.63) is 35.4 Å². The van der Waals surface area contributed by atoms with Crippen molar-refractivity contribution < 1.29 is 28.8 Å². The highest BCUT2D eigenvalue weighted by atomic mass is 16.6. The maximum absolute atomic E-state index is 12.6. The van der Waals surface area contributed by atoms with E-state index in [4.69, 9.17) is 24.1 Å². The summed E-state index contributed by atoms with van der Waals surface area (Å²) in [5, 5.41) is 9.15. The number of aliphatic hydroxyl groups excluding tert-OH is 1. The molecule has 1 N–H and O–H groups in total. The molecule has 0 saturated carbocycles. The van der Waals surface area contributed by atoms with Crippen molar-refractivity contribution in [3.63, 3.8) is 0 Å². The maximum Gasteiger partial charge on any atom is 0.410 e. The minimum Gasteiger partial charge on any atom is -0.491 e. The molecule has 3 heterocycles. The van der Waals surface area contributed by atoms with Crippen LogP contribution in [0.3, 0.4) is 0 Å². The van der Waals surface area contributed by atoms with E-state index in [0.717, 1.165) is 43.4 Å². The zero-order valence-corrected chi connectivity index (χ0v) is 23.5. The van der Waals surface area contributed by atoms with Gasteiger partial charge in [-0.3, -0.25) is 0 Å². The number of fused-ring (bicyclic) bond motifs is 3. The Labute approximate surface area is 222 Å². The first kappa shape index (κ1) is 27.8. The highest BCUT2D eigenvalue weighted by Crippen LogP contribution is 2.57. The summed E-state index contributed by atoms with van der Waals surface area (Å²) in [7, 11) is 0. The smallest absolute Gasteiger partial charge is 0.410 e. The van der Waals surface area contributed by atoms with Gasteiger partial charge >= 0.3 is 6.09 Å². The number of benzene rings is 1. The molecule has 0 aromatic heterocycles. The normalized spacial score (nSPS) is 26.5. The number of carbonyl (C=O) groups excluding carboxylic acids is 1. The zero-order valence-electron chi connectivity index (χ0n) is 23.5. The SMILES string of the molecule is CC(C)=CCC[C@@]1(C)Oc2cc(OCCO)ccc2[C@H]2OCC3(CCN(C(=O)OC(C)(C)C)CC3)C[C@@H]21. The first-order valence-electron chi connectivity index (χ1n) is 13.7. The van der Waals surface area contributed by atoms with Crippen molar-refractivity contribution in [1.82, 2.24) is 4.90 Å². The van der Waals surface area contributed by atoms with Crippen LogP contribution in [0.2, 0.25) is 0 Å². The molecule has 4 rings (SSSR count). The van der Waals surface area contributed by atoms with Gasteiger partial charge in [0.1, 0.15) is 29.3 Å². The number of rotatable bonds is 6. The highest BCUT2D eigenvalue weighted by molar-refractivity contribution is 5.68. The van der Waals surface area contributed by atoms with E-state index in [-0.39, 0.29) is 36.7 Å². The van der Waals surface area contributed by atoms with E-state index >= 15 is 0 Å². The molecule has 1 amide bonds. The van der Waals surface area contributed by atoms with Crippen molar-refractivity contribution in [2.75, 3.05) is 32.9 Å². The third-order valence-corrected chi connectivity index (χ3v) is 8.04. The summed E-state index contributed by atoms with van der Waals surface area (Å²) in [6, 6.07) is 5.93. The Hall–Kier alpha value is -2.25. The van der Waals surface area contributed by atoms with Gasteiger partial charge in [-0.1, -0.05) is 11.6 Å². The minimum absolute atomic E-state index is 0.0282. The van der Waals surface area contributed by atoms with Crippen molar-refractivity contribution in [3.8, 4) is 11.5 Å². The Balaban J connectivity index is 1.54. The first-order chi connectivity index (χ1) is 17.4. The van der Waals surface area contributed by atoms with Gasteiger partial charge in [-0.25, -0.2) is 4.79 Å². The predicted octanol–water partition coefficient (Wildman–Crippen LogP) is 6.05. The molecule has 2 fully saturated rings. The maximum atomic E-state index is 12.6. The number of piperidine rings is 1. The van der Waals surface area contributed by atoms with Gasteiger partial charge in [-0.05, 0) is 91.2 Å². The molecule has 0 aliphatic carbocycles. The fourth-order valence-corrected chi connectivity index (χ4v) is 6.00. The van der Waals surface area contributed by atoms with Gasteiger partial charge in [0.25, 0.3) is 0 Å². The molecule has 1 spiro atoms. The number of hydrogen-bond acceptors (Lipinski definition) is 6. The number of aliphatic hydroxyl groups is 1. The minimum atomic E-state index is -0.490. The fraction of sp³-hybridized carbons (Fsp3) is 0.700. The quantitative estimate of drug-likeness (QED) is 0.465. The van der Waals surface area contributed by atoms with Crippen LogP contribution >= 0.6 is 0 Å². The molecule has 206 valence electrons. The number of likely N-dealkylation sites (tertiary alicyclic amines) is 1. The van der Waals surface area contributed by atoms with Crippen molar-refractivity contribution in [2.24, 2.45) is 11.3 Å². The van der Waals surface area contributed by atoms with Gasteiger partial charge < -0.3 is 29.0 Å². The molecule has 0 radical (unpaired) electrons. The van der Waals surface area contributed by atoms with Gasteiger partial charge in [-0.2, -0.15) is 0 Å². The molecule has 2 saturated heterocycles. The van der Waals surface area contributed by atoms with Crippen LogP contribution < -0.4 is 9.47 Å². The van der Waals surface area contributed by atoms with E-state index in [9.17, 15) is 4.79 Å². The summed E-state index contributed by atoms with van der Waals surface area (Å²) < 4.78 is 24.8. The second-order valence-electron chi connectivity index (χ2n) is 12.5. The van der Waals surface area contributed by atoms with Gasteiger partial charge in [0, 0.05) is 30.6 Å². The third kappa shape index (κ3) is 6.43. The van der Waals surface area contributed by atoms with Crippen molar-refractivity contribution in [2.45, 2.75) is 91.0 Å². The van der Waals surface area contributed by atoms with Crippen LogP contribution in [-0.2, 0) is 9.47 Å². The fourth-order valence-electron chi connectivity index (χ4n) is 6.00. The molecule has 7 nitrogen and oxygen atoms in total. The Bertz CT molecular complexity index is 986. The third-order valence-electron chi connectivity index (χ3n) is 8.04. The molecular formula is C30H45NO6. The van der Waals surface area contributed by atoms with Gasteiger partial charge in [-0.15, -0.1) is 0 Å². The molecular weight excluding hydrogens is 470 g/mol. The lowest BCUT2D eigenvalue weighted by molar-refractivity contribution is -0.179. The molecule has 3 atom stereocenters. The Morgan fingerprint density at radius 2 is 1.97 bits per heavy atom. The van der Waals surface area contributed by atoms with E-state index in [1.807, 2.05) is 37.8 Å². The van der Waals surface area contributed by atoms with E-state index in [1.54, 1.807) is 0 Å². The average Bonchev–Trinajstić information content (AvgIpc) is 2.82. The number of carbonyl (C=O) groups is 1. The monoisotopic (exact) mass is 515 g/mol. The topological polar surface area (TPSA) is 77.5 Å². The van der Waals surface area contributed by atoms with E-state index < -0.39 is 11.2 Å². The Kier molecular flexibility index (Phi) is 8.15. The molecule has 0 unspecified atom stereocenters. The number of amides is 1. The van der Waals surface area contributed by atoms with E-state index in [2.05, 4.69) is 32.9 Å². The molecule has 3 aliphatic heterocycles. The number of allylic oxidation sites excluding steroid dienone is 2. The standard InChI is InChI=1S/C30H45NO6/c1-21(2)8-7-11-29(6)24-19-30(12-14-31(15-13-30)27(33)37-28(3,4)5)20-35-26(24)23-10-9-22(34-17-16-32)18-25(23)36-29/h8-10,18,24,26,32H,7,11-17,19-20H2,1-6H3/t24-,26+,29+/m0/s1. The van der Waals surface area contributed by atoms with Crippen molar-refractivity contribution in [1.29, 1.82) is 0 Å². The lowest BCUT2D eigenvalue weighted by Crippen LogP contribution is -2.56. The molecule has 37 heavy (non-hydrogen) atoms. The second-order valence-corrected chi connectivity index (χ2v) is 12.5. The zero-order chi connectivity index (χ0) is 26.8. The van der Waals surface area contributed by atoms with Crippen LogP contribution in [0, 0.1) is 11.3 Å². The number of hydrogen-bond donors (Lipinski definition) is 1. The lowest BCUT2D eigenvalue weighted by atomic mass is 9.63. The average molecular weight is 516 g/mol. The van der Waals surface area contributed by atoms with Crippen molar-refractivity contribution >= 4 is 6.09 Å². The van der Waals surface area contributed by atoms with Crippen LogP contribution in [0.1, 0.15) is 85.3 Å². The summed E-state index contributed by atoms with van der Waals surface area (Å²) in [6.07, 6.45) is 6.66. The van der Waals surface area contributed by atoms with Crippen LogP contribution in [-0.4, -0.2) is 60.2 Å². The van der Waals surface area contributed by atoms with Gasteiger partial charge in [0.2, 0.25) is 0 Å². The molecule has 0 bridgehead atoms. The molecule has 3 aliphatic rings. The van der Waals surface area contributed by atoms with E-state index in [1.165, 1.54) is 5.57 Å². The highest BCUT2D eigenvalue weighted by Gasteiger charge is 2.54.